The molecule has 0 atom stereocenters. The predicted molar refractivity (Wildman–Crippen MR) is 124 cm³/mol. The van der Waals surface area contributed by atoms with Gasteiger partial charge in [-0.2, -0.15) is 10.2 Å². The van der Waals surface area contributed by atoms with E-state index in [-0.39, 0.29) is 5.56 Å². The van der Waals surface area contributed by atoms with Gasteiger partial charge in [0.1, 0.15) is 11.3 Å². The van der Waals surface area contributed by atoms with Crippen LogP contribution in [0.3, 0.4) is 0 Å². The molecule has 3 aromatic carbocycles. The number of hydrazone groups is 1. The summed E-state index contributed by atoms with van der Waals surface area (Å²) in [6.45, 7) is 0. The van der Waals surface area contributed by atoms with Gasteiger partial charge in [-0.05, 0) is 23.3 Å². The molecule has 32 heavy (non-hydrogen) atoms. The van der Waals surface area contributed by atoms with E-state index in [1.54, 1.807) is 13.2 Å². The first-order chi connectivity index (χ1) is 15.7. The Kier molecular flexibility index (Phi) is 6.17. The van der Waals surface area contributed by atoms with E-state index in [1.807, 2.05) is 78.9 Å². The Hall–Kier alpha value is -4.52. The van der Waals surface area contributed by atoms with Crippen molar-refractivity contribution in [2.75, 3.05) is 7.11 Å². The second-order valence-electron chi connectivity index (χ2n) is 6.86. The minimum atomic E-state index is -0.635. The highest BCUT2D eigenvalue weighted by molar-refractivity contribution is 6.03. The quantitative estimate of drug-likeness (QED) is 0.363. The Morgan fingerprint density at radius 3 is 2.34 bits per heavy atom. The van der Waals surface area contributed by atoms with Crippen LogP contribution < -0.4 is 15.7 Å². The maximum Gasteiger partial charge on any atom is 0.277 e. The summed E-state index contributed by atoms with van der Waals surface area (Å²) in [5.74, 6) is 0.0357. The van der Waals surface area contributed by atoms with Crippen LogP contribution in [0.25, 0.3) is 22.4 Å². The number of methoxy groups -OCH3 is 1. The van der Waals surface area contributed by atoms with Gasteiger partial charge in [-0.1, -0.05) is 72.8 Å². The molecular formula is C25H20N4O3. The van der Waals surface area contributed by atoms with Gasteiger partial charge in [-0.15, -0.1) is 0 Å². The molecule has 4 rings (SSSR count). The molecule has 0 fully saturated rings. The van der Waals surface area contributed by atoms with Gasteiger partial charge >= 0.3 is 0 Å². The SMILES string of the molecule is COc1cccc(C=NNC(=O)c2c(-c3ccccc3)c(-c3ccccc3)n[nH]c2=O)c1. The van der Waals surface area contributed by atoms with E-state index in [4.69, 9.17) is 4.74 Å². The number of hydrogen-bond acceptors (Lipinski definition) is 5. The number of rotatable bonds is 6. The first-order valence-electron chi connectivity index (χ1n) is 9.88. The van der Waals surface area contributed by atoms with E-state index in [0.717, 1.165) is 11.1 Å². The summed E-state index contributed by atoms with van der Waals surface area (Å²) in [6, 6.07) is 25.8. The van der Waals surface area contributed by atoms with Crippen LogP contribution in [-0.4, -0.2) is 29.4 Å². The average molecular weight is 424 g/mol. The topological polar surface area (TPSA) is 96.4 Å². The first kappa shape index (κ1) is 20.7. The monoisotopic (exact) mass is 424 g/mol. The van der Waals surface area contributed by atoms with Gasteiger partial charge in [0.25, 0.3) is 11.5 Å². The highest BCUT2D eigenvalue weighted by atomic mass is 16.5. The molecule has 7 nitrogen and oxygen atoms in total. The molecule has 1 heterocycles. The molecule has 7 heteroatoms. The van der Waals surface area contributed by atoms with Gasteiger partial charge in [-0.3, -0.25) is 9.59 Å². The number of aromatic amines is 1. The third-order valence-corrected chi connectivity index (χ3v) is 4.79. The maximum absolute atomic E-state index is 13.1. The molecule has 0 aliphatic rings. The van der Waals surface area contributed by atoms with Crippen molar-refractivity contribution in [2.24, 2.45) is 5.10 Å². The molecule has 2 N–H and O–H groups in total. The Bertz CT molecular complexity index is 1320. The number of nitrogens with zero attached hydrogens (tertiary/aromatic N) is 2. The number of amides is 1. The zero-order valence-electron chi connectivity index (χ0n) is 17.3. The third-order valence-electron chi connectivity index (χ3n) is 4.79. The van der Waals surface area contributed by atoms with Gasteiger partial charge in [0.15, 0.2) is 0 Å². The highest BCUT2D eigenvalue weighted by Crippen LogP contribution is 2.31. The van der Waals surface area contributed by atoms with E-state index in [2.05, 4.69) is 20.7 Å². The van der Waals surface area contributed by atoms with Crippen molar-refractivity contribution in [3.63, 3.8) is 0 Å². The lowest BCUT2D eigenvalue weighted by atomic mass is 9.95. The lowest BCUT2D eigenvalue weighted by molar-refractivity contribution is 0.0954. The van der Waals surface area contributed by atoms with Gasteiger partial charge < -0.3 is 4.74 Å². The number of hydrogen-bond donors (Lipinski definition) is 2. The summed E-state index contributed by atoms with van der Waals surface area (Å²) < 4.78 is 5.19. The van der Waals surface area contributed by atoms with Crippen molar-refractivity contribution >= 4 is 12.1 Å². The molecule has 0 aliphatic heterocycles. The molecule has 158 valence electrons. The molecule has 0 unspecified atom stereocenters. The fourth-order valence-electron chi connectivity index (χ4n) is 3.30. The van der Waals surface area contributed by atoms with Gasteiger partial charge in [-0.25, -0.2) is 10.5 Å². The molecule has 0 bridgehead atoms. The smallest absolute Gasteiger partial charge is 0.277 e. The molecule has 0 aliphatic carbocycles. The number of carbonyl (C=O) groups excluding carboxylic acids is 1. The number of nitrogens with one attached hydrogen (secondary N) is 2. The summed E-state index contributed by atoms with van der Waals surface area (Å²) in [7, 11) is 1.57. The van der Waals surface area contributed by atoms with Crippen LogP contribution in [0.15, 0.2) is 94.8 Å². The average Bonchev–Trinajstić information content (AvgIpc) is 2.85. The van der Waals surface area contributed by atoms with E-state index in [0.29, 0.717) is 22.6 Å². The van der Waals surface area contributed by atoms with Crippen LogP contribution in [0, 0.1) is 0 Å². The number of carbonyl (C=O) groups is 1. The standard InChI is InChI=1S/C25H20N4O3/c1-32-20-14-8-9-17(15-20)16-26-28-24(30)22-21(18-10-4-2-5-11-18)23(27-29-25(22)31)19-12-6-3-7-13-19/h2-16H,1H3,(H,28,30)(H,29,31). The second-order valence-corrected chi connectivity index (χ2v) is 6.86. The predicted octanol–water partition coefficient (Wildman–Crippen LogP) is 3.88. The summed E-state index contributed by atoms with van der Waals surface area (Å²) >= 11 is 0. The van der Waals surface area contributed by atoms with Gasteiger partial charge in [0, 0.05) is 11.1 Å². The third kappa shape index (κ3) is 4.46. The highest BCUT2D eigenvalue weighted by Gasteiger charge is 2.22. The Balaban J connectivity index is 1.75. The Morgan fingerprint density at radius 1 is 0.969 bits per heavy atom. The molecule has 1 aromatic heterocycles. The molecule has 0 saturated carbocycles. The van der Waals surface area contributed by atoms with Crippen LogP contribution in [0.2, 0.25) is 0 Å². The minimum absolute atomic E-state index is 0.0622. The van der Waals surface area contributed by atoms with Crippen molar-refractivity contribution < 1.29 is 9.53 Å². The number of benzene rings is 3. The van der Waals surface area contributed by atoms with E-state index < -0.39 is 11.5 Å². The largest absolute Gasteiger partial charge is 0.497 e. The van der Waals surface area contributed by atoms with E-state index in [9.17, 15) is 9.59 Å². The maximum atomic E-state index is 13.1. The lowest BCUT2D eigenvalue weighted by Crippen LogP contribution is -2.28. The summed E-state index contributed by atoms with van der Waals surface area (Å²) in [5, 5.41) is 10.7. The summed E-state index contributed by atoms with van der Waals surface area (Å²) in [5.41, 5.74) is 4.95. The van der Waals surface area contributed by atoms with Crippen molar-refractivity contribution in [3.8, 4) is 28.1 Å². The number of H-pyrrole nitrogens is 1. The zero-order valence-corrected chi connectivity index (χ0v) is 17.3. The van der Waals surface area contributed by atoms with Gasteiger partial charge in [0.2, 0.25) is 0 Å². The van der Waals surface area contributed by atoms with Crippen LogP contribution in [-0.2, 0) is 0 Å². The fraction of sp³-hybridized carbons (Fsp3) is 0.0400. The molecular weight excluding hydrogens is 404 g/mol. The normalized spacial score (nSPS) is 10.8. The molecule has 0 spiro atoms. The zero-order chi connectivity index (χ0) is 22.3. The number of aromatic nitrogens is 2. The van der Waals surface area contributed by atoms with Gasteiger partial charge in [0.05, 0.1) is 19.0 Å². The van der Waals surface area contributed by atoms with Crippen LogP contribution in [0.5, 0.6) is 5.75 Å². The molecule has 4 aromatic rings. The minimum Gasteiger partial charge on any atom is -0.497 e. The van der Waals surface area contributed by atoms with Crippen LogP contribution in [0.4, 0.5) is 0 Å². The second kappa shape index (κ2) is 9.53. The Labute approximate surface area is 184 Å². The van der Waals surface area contributed by atoms with Crippen molar-refractivity contribution in [1.29, 1.82) is 0 Å². The Morgan fingerprint density at radius 2 is 1.66 bits per heavy atom. The van der Waals surface area contributed by atoms with Crippen molar-refractivity contribution in [1.82, 2.24) is 15.6 Å². The van der Waals surface area contributed by atoms with Crippen LogP contribution >= 0.6 is 0 Å². The molecule has 0 radical (unpaired) electrons. The molecule has 0 saturated heterocycles. The van der Waals surface area contributed by atoms with E-state index in [1.165, 1.54) is 6.21 Å². The number of ether oxygens (including phenoxy) is 1. The van der Waals surface area contributed by atoms with E-state index >= 15 is 0 Å². The fourth-order valence-corrected chi connectivity index (χ4v) is 3.30. The van der Waals surface area contributed by atoms with Crippen LogP contribution in [0.1, 0.15) is 15.9 Å². The van der Waals surface area contributed by atoms with Crippen molar-refractivity contribution in [2.45, 2.75) is 0 Å². The first-order valence-corrected chi connectivity index (χ1v) is 9.88. The summed E-state index contributed by atoms with van der Waals surface area (Å²) in [6.07, 6.45) is 1.48. The summed E-state index contributed by atoms with van der Waals surface area (Å²) in [4.78, 5) is 25.8. The van der Waals surface area contributed by atoms with Crippen molar-refractivity contribution in [3.05, 3.63) is 106 Å². The molecule has 1 amide bonds. The lowest BCUT2D eigenvalue weighted by Gasteiger charge is -2.12.